The van der Waals surface area contributed by atoms with E-state index >= 15 is 0 Å². The van der Waals surface area contributed by atoms with Crippen molar-refractivity contribution >= 4 is 22.7 Å². The van der Waals surface area contributed by atoms with E-state index in [1.54, 1.807) is 18.2 Å². The van der Waals surface area contributed by atoms with Gasteiger partial charge >= 0.3 is 0 Å². The lowest BCUT2D eigenvalue weighted by Gasteiger charge is -2.04. The third kappa shape index (κ3) is 3.49. The number of thioether (sulfide) groups is 1. The van der Waals surface area contributed by atoms with Crippen molar-refractivity contribution in [3.63, 3.8) is 0 Å². The molecule has 0 aromatic heterocycles. The predicted octanol–water partition coefficient (Wildman–Crippen LogP) is 3.86. The number of phenols is 1. The van der Waals surface area contributed by atoms with Crippen LogP contribution in [0.4, 0.5) is 14.9 Å². The maximum Gasteiger partial charge on any atom is 0.288 e. The zero-order valence-corrected chi connectivity index (χ0v) is 10.1. The van der Waals surface area contributed by atoms with E-state index < -0.39 is 5.82 Å². The van der Waals surface area contributed by atoms with Crippen molar-refractivity contribution in [3.05, 3.63) is 54.3 Å². The lowest BCUT2D eigenvalue weighted by Crippen LogP contribution is -2.04. The first-order valence-electron chi connectivity index (χ1n) is 5.17. The number of carbonyl (C=O) groups excluding carboxylic acids is 1. The van der Waals surface area contributed by atoms with Crippen LogP contribution in [0.1, 0.15) is 0 Å². The van der Waals surface area contributed by atoms with Gasteiger partial charge in [-0.2, -0.15) is 0 Å². The first-order chi connectivity index (χ1) is 8.63. The lowest BCUT2D eigenvalue weighted by atomic mass is 10.3. The summed E-state index contributed by atoms with van der Waals surface area (Å²) in [6, 6.07) is 11.9. The molecule has 2 aromatic rings. The molecule has 2 N–H and O–H groups in total. The highest BCUT2D eigenvalue weighted by atomic mass is 32.2. The number of nitrogens with one attached hydrogen (secondary N) is 1. The minimum atomic E-state index is -0.401. The van der Waals surface area contributed by atoms with Crippen LogP contribution in [0, 0.1) is 5.82 Å². The molecule has 1 amide bonds. The zero-order valence-electron chi connectivity index (χ0n) is 9.26. The normalized spacial score (nSPS) is 10.1. The maximum atomic E-state index is 12.9. The summed E-state index contributed by atoms with van der Waals surface area (Å²) < 4.78 is 12.9. The highest BCUT2D eigenvalue weighted by Gasteiger charge is 2.05. The fraction of sp³-hybridized carbons (Fsp3) is 0. The number of benzene rings is 2. The van der Waals surface area contributed by atoms with Crippen LogP contribution < -0.4 is 5.32 Å². The van der Waals surface area contributed by atoms with Gasteiger partial charge in [-0.15, -0.1) is 0 Å². The minimum Gasteiger partial charge on any atom is -0.508 e. The van der Waals surface area contributed by atoms with Crippen LogP contribution in [-0.2, 0) is 0 Å². The summed E-state index contributed by atoms with van der Waals surface area (Å²) in [7, 11) is 0. The van der Waals surface area contributed by atoms with Crippen molar-refractivity contribution in [2.45, 2.75) is 4.90 Å². The van der Waals surface area contributed by atoms with E-state index in [1.165, 1.54) is 30.3 Å². The molecule has 2 aromatic carbocycles. The first-order valence-corrected chi connectivity index (χ1v) is 5.98. The van der Waals surface area contributed by atoms with Gasteiger partial charge < -0.3 is 10.4 Å². The second-order valence-corrected chi connectivity index (χ2v) is 4.57. The molecule has 0 unspecified atom stereocenters. The third-order valence-corrected chi connectivity index (χ3v) is 2.91. The Bertz CT molecular complexity index is 557. The fourth-order valence-corrected chi connectivity index (χ4v) is 1.99. The molecule has 0 saturated carbocycles. The van der Waals surface area contributed by atoms with E-state index in [4.69, 9.17) is 5.11 Å². The van der Waals surface area contributed by atoms with Crippen molar-refractivity contribution in [3.8, 4) is 5.75 Å². The van der Waals surface area contributed by atoms with Gasteiger partial charge in [0, 0.05) is 10.6 Å². The fourth-order valence-electron chi connectivity index (χ4n) is 1.33. The molecule has 3 nitrogen and oxygen atoms in total. The van der Waals surface area contributed by atoms with Crippen LogP contribution >= 0.6 is 11.8 Å². The van der Waals surface area contributed by atoms with E-state index in [1.807, 2.05) is 0 Å². The van der Waals surface area contributed by atoms with Gasteiger partial charge in [0.05, 0.1) is 0 Å². The van der Waals surface area contributed by atoms with Crippen LogP contribution in [-0.4, -0.2) is 10.3 Å². The summed E-state index contributed by atoms with van der Waals surface area (Å²) in [5.74, 6) is -0.257. The molecule has 0 bridgehead atoms. The van der Waals surface area contributed by atoms with Gasteiger partial charge in [-0.05, 0) is 54.2 Å². The largest absolute Gasteiger partial charge is 0.508 e. The molecule has 2 rings (SSSR count). The second kappa shape index (κ2) is 5.55. The number of hydrogen-bond donors (Lipinski definition) is 2. The maximum absolute atomic E-state index is 12.9. The molecule has 0 saturated heterocycles. The van der Waals surface area contributed by atoms with E-state index in [9.17, 15) is 9.18 Å². The van der Waals surface area contributed by atoms with Gasteiger partial charge in [0.1, 0.15) is 11.6 Å². The van der Waals surface area contributed by atoms with Crippen molar-refractivity contribution in [2.75, 3.05) is 5.32 Å². The Morgan fingerprint density at radius 3 is 2.56 bits per heavy atom. The molecule has 92 valence electrons. The van der Waals surface area contributed by atoms with Crippen LogP contribution in [0.2, 0.25) is 0 Å². The number of hydrogen-bond acceptors (Lipinski definition) is 3. The minimum absolute atomic E-state index is 0.143. The first kappa shape index (κ1) is 12.4. The molecule has 0 spiro atoms. The summed E-state index contributed by atoms with van der Waals surface area (Å²) in [5, 5.41) is 11.4. The molecule has 0 aliphatic heterocycles. The molecule has 5 heteroatoms. The van der Waals surface area contributed by atoms with Gasteiger partial charge in [0.2, 0.25) is 0 Å². The summed E-state index contributed by atoms with van der Waals surface area (Å²) >= 11 is 0.969. The average Bonchev–Trinajstić information content (AvgIpc) is 2.32. The summed E-state index contributed by atoms with van der Waals surface area (Å²) in [6.07, 6.45) is 0. The quantitative estimate of drug-likeness (QED) is 0.809. The summed E-state index contributed by atoms with van der Waals surface area (Å²) in [6.45, 7) is 0. The number of rotatable bonds is 2. The average molecular weight is 263 g/mol. The zero-order chi connectivity index (χ0) is 13.0. The Labute approximate surface area is 108 Å². The van der Waals surface area contributed by atoms with E-state index in [0.717, 1.165) is 11.8 Å². The monoisotopic (exact) mass is 263 g/mol. The topological polar surface area (TPSA) is 49.3 Å². The van der Waals surface area contributed by atoms with Crippen molar-refractivity contribution in [1.29, 1.82) is 0 Å². The molecule has 18 heavy (non-hydrogen) atoms. The summed E-state index contributed by atoms with van der Waals surface area (Å²) in [4.78, 5) is 12.3. The van der Waals surface area contributed by atoms with E-state index in [0.29, 0.717) is 10.6 Å². The number of anilines is 1. The van der Waals surface area contributed by atoms with Crippen molar-refractivity contribution in [2.24, 2.45) is 0 Å². The highest BCUT2D eigenvalue weighted by Crippen LogP contribution is 2.23. The Morgan fingerprint density at radius 1 is 1.17 bits per heavy atom. The van der Waals surface area contributed by atoms with Crippen LogP contribution in [0.15, 0.2) is 53.4 Å². The van der Waals surface area contributed by atoms with Crippen molar-refractivity contribution in [1.82, 2.24) is 0 Å². The molecule has 0 atom stereocenters. The second-order valence-electron chi connectivity index (χ2n) is 3.52. The number of carbonyl (C=O) groups is 1. The number of phenolic OH excluding ortho intramolecular Hbond substituents is 1. The Hall–Kier alpha value is -2.01. The van der Waals surface area contributed by atoms with Crippen LogP contribution in [0.5, 0.6) is 5.75 Å². The number of halogens is 1. The van der Waals surface area contributed by atoms with Crippen LogP contribution in [0.3, 0.4) is 0 Å². The molecular weight excluding hydrogens is 253 g/mol. The van der Waals surface area contributed by atoms with Crippen molar-refractivity contribution < 1.29 is 14.3 Å². The molecular formula is C13H10FNO2S. The molecule has 0 radical (unpaired) electrons. The van der Waals surface area contributed by atoms with Gasteiger partial charge in [-0.1, -0.05) is 6.07 Å². The standard InChI is InChI=1S/C13H10FNO2S/c14-9-2-1-3-10(8-9)15-13(17)18-12-6-4-11(16)5-7-12/h1-8,16H,(H,15,17). The number of amides is 1. The Morgan fingerprint density at radius 2 is 1.89 bits per heavy atom. The van der Waals surface area contributed by atoms with Gasteiger partial charge in [-0.3, -0.25) is 4.79 Å². The molecule has 0 aliphatic carbocycles. The molecule has 0 fully saturated rings. The lowest BCUT2D eigenvalue weighted by molar-refractivity contribution is 0.270. The molecule has 0 heterocycles. The SMILES string of the molecule is O=C(Nc1cccc(F)c1)Sc1ccc(O)cc1. The third-order valence-electron chi connectivity index (χ3n) is 2.12. The van der Waals surface area contributed by atoms with Gasteiger partial charge in [-0.25, -0.2) is 4.39 Å². The van der Waals surface area contributed by atoms with E-state index in [2.05, 4.69) is 5.32 Å². The molecule has 0 aliphatic rings. The number of aromatic hydroxyl groups is 1. The smallest absolute Gasteiger partial charge is 0.288 e. The Kier molecular flexibility index (Phi) is 3.84. The predicted molar refractivity (Wildman–Crippen MR) is 69.4 cm³/mol. The van der Waals surface area contributed by atoms with E-state index in [-0.39, 0.29) is 11.0 Å². The van der Waals surface area contributed by atoms with Gasteiger partial charge in [0.25, 0.3) is 5.24 Å². The van der Waals surface area contributed by atoms with Crippen LogP contribution in [0.25, 0.3) is 0 Å². The Balaban J connectivity index is 1.98. The highest BCUT2D eigenvalue weighted by molar-refractivity contribution is 8.13. The van der Waals surface area contributed by atoms with Gasteiger partial charge in [0.15, 0.2) is 0 Å². The summed E-state index contributed by atoms with van der Waals surface area (Å²) in [5.41, 5.74) is 0.409.